The normalized spacial score (nSPS) is 8.91. The van der Waals surface area contributed by atoms with Crippen LogP contribution in [0.1, 0.15) is 13.3 Å². The first-order valence-corrected chi connectivity index (χ1v) is 3.52. The molecule has 0 N–H and O–H groups in total. The maximum absolute atomic E-state index is 10.6. The summed E-state index contributed by atoms with van der Waals surface area (Å²) in [5.41, 5.74) is -0.908. The molecular weight excluding hydrogens is 172 g/mol. The lowest BCUT2D eigenvalue weighted by Crippen LogP contribution is -2.08. The van der Waals surface area contributed by atoms with Crippen molar-refractivity contribution >= 4 is 23.0 Å². The molecule has 64 valence electrons. The molecule has 0 spiro atoms. The lowest BCUT2D eigenvalue weighted by molar-refractivity contribution is -0.143. The topological polar surface area (TPSA) is 52.6 Å². The van der Waals surface area contributed by atoms with Gasteiger partial charge in [-0.05, 0) is 6.92 Å². The number of carbonyl (C=O) groups is 2. The second kappa shape index (κ2) is 5.97. The zero-order valence-corrected chi connectivity index (χ0v) is 6.89. The van der Waals surface area contributed by atoms with Crippen LogP contribution in [0.2, 0.25) is 0 Å². The van der Waals surface area contributed by atoms with E-state index in [2.05, 4.69) is 9.47 Å². The van der Waals surface area contributed by atoms with Crippen molar-refractivity contribution in [1.82, 2.24) is 0 Å². The number of hydrogen-bond donors (Lipinski definition) is 0. The lowest BCUT2D eigenvalue weighted by Gasteiger charge is -2.00. The third-order valence-electron chi connectivity index (χ3n) is 0.827. The minimum atomic E-state index is -0.908. The Bertz CT molecular complexity index is 146. The van der Waals surface area contributed by atoms with E-state index in [0.29, 0.717) is 6.61 Å². The third kappa shape index (κ3) is 7.12. The second-order valence-corrected chi connectivity index (χ2v) is 1.95. The van der Waals surface area contributed by atoms with E-state index in [1.54, 1.807) is 6.92 Å². The van der Waals surface area contributed by atoms with Crippen molar-refractivity contribution < 1.29 is 19.1 Å². The molecule has 4 nitrogen and oxygen atoms in total. The van der Waals surface area contributed by atoms with Gasteiger partial charge in [0.05, 0.1) is 13.0 Å². The van der Waals surface area contributed by atoms with Crippen molar-refractivity contribution in [2.75, 3.05) is 13.2 Å². The molecule has 0 atom stereocenters. The predicted molar refractivity (Wildman–Crippen MR) is 38.5 cm³/mol. The first kappa shape index (κ1) is 10.2. The van der Waals surface area contributed by atoms with Crippen molar-refractivity contribution in [3.05, 3.63) is 0 Å². The Morgan fingerprint density at radius 3 is 2.45 bits per heavy atom. The molecule has 0 unspecified atom stereocenters. The first-order valence-electron chi connectivity index (χ1n) is 3.14. The highest BCUT2D eigenvalue weighted by Crippen LogP contribution is 1.91. The Kier molecular flexibility index (Phi) is 5.56. The Morgan fingerprint density at radius 1 is 1.36 bits per heavy atom. The summed E-state index contributed by atoms with van der Waals surface area (Å²) < 4.78 is 8.83. The van der Waals surface area contributed by atoms with Crippen LogP contribution in [0.5, 0.6) is 0 Å². The molecule has 0 aliphatic rings. The van der Waals surface area contributed by atoms with E-state index in [-0.39, 0.29) is 13.0 Å². The summed E-state index contributed by atoms with van der Waals surface area (Å²) in [6.45, 7) is 2.00. The van der Waals surface area contributed by atoms with E-state index >= 15 is 0 Å². The molecule has 0 bridgehead atoms. The van der Waals surface area contributed by atoms with Gasteiger partial charge in [-0.2, -0.15) is 0 Å². The Morgan fingerprint density at radius 2 is 2.00 bits per heavy atom. The number of rotatable bonds is 4. The van der Waals surface area contributed by atoms with Gasteiger partial charge < -0.3 is 9.47 Å². The summed E-state index contributed by atoms with van der Waals surface area (Å²) in [6, 6.07) is 0. The molecule has 0 rings (SSSR count). The van der Waals surface area contributed by atoms with Gasteiger partial charge in [-0.1, -0.05) is 0 Å². The van der Waals surface area contributed by atoms with Crippen LogP contribution in [0.4, 0.5) is 4.79 Å². The van der Waals surface area contributed by atoms with Gasteiger partial charge in [0.25, 0.3) is 0 Å². The number of carbonyl (C=O) groups excluding carboxylic acids is 2. The molecule has 0 aromatic carbocycles. The molecule has 0 amide bonds. The molecular formula is C6H9ClO4. The zero-order valence-electron chi connectivity index (χ0n) is 6.13. The van der Waals surface area contributed by atoms with Gasteiger partial charge >= 0.3 is 11.4 Å². The molecule has 0 heterocycles. The van der Waals surface area contributed by atoms with Gasteiger partial charge in [0.2, 0.25) is 0 Å². The van der Waals surface area contributed by atoms with E-state index in [9.17, 15) is 9.59 Å². The summed E-state index contributed by atoms with van der Waals surface area (Å²) >= 11 is 4.83. The maximum atomic E-state index is 10.6. The smallest absolute Gasteiger partial charge is 0.403 e. The van der Waals surface area contributed by atoms with Crippen LogP contribution in [0.25, 0.3) is 0 Å². The summed E-state index contributed by atoms with van der Waals surface area (Å²) in [7, 11) is 0. The Hall–Kier alpha value is -0.770. The predicted octanol–water partition coefficient (Wildman–Crippen LogP) is 1.31. The maximum Gasteiger partial charge on any atom is 0.403 e. The van der Waals surface area contributed by atoms with Crippen LogP contribution in [-0.2, 0) is 14.3 Å². The fourth-order valence-electron chi connectivity index (χ4n) is 0.448. The van der Waals surface area contributed by atoms with Gasteiger partial charge in [-0.25, -0.2) is 4.79 Å². The average Bonchev–Trinajstić information content (AvgIpc) is 1.87. The van der Waals surface area contributed by atoms with Gasteiger partial charge in [0.15, 0.2) is 0 Å². The van der Waals surface area contributed by atoms with Crippen LogP contribution in [0.3, 0.4) is 0 Å². The second-order valence-electron chi connectivity index (χ2n) is 1.64. The van der Waals surface area contributed by atoms with Gasteiger partial charge in [0.1, 0.15) is 6.61 Å². The van der Waals surface area contributed by atoms with Crippen molar-refractivity contribution in [1.29, 1.82) is 0 Å². The fraction of sp³-hybridized carbons (Fsp3) is 0.667. The highest BCUT2D eigenvalue weighted by atomic mass is 35.5. The first-order chi connectivity index (χ1) is 5.16. The summed E-state index contributed by atoms with van der Waals surface area (Å²) in [4.78, 5) is 20.5. The van der Waals surface area contributed by atoms with E-state index < -0.39 is 11.4 Å². The van der Waals surface area contributed by atoms with Crippen LogP contribution in [0, 0.1) is 0 Å². The molecule has 11 heavy (non-hydrogen) atoms. The molecule has 0 aliphatic carbocycles. The molecule has 0 aromatic heterocycles. The highest BCUT2D eigenvalue weighted by molar-refractivity contribution is 6.61. The quantitative estimate of drug-likeness (QED) is 0.484. The monoisotopic (exact) mass is 180 g/mol. The van der Waals surface area contributed by atoms with Crippen LogP contribution >= 0.6 is 11.6 Å². The summed E-state index contributed by atoms with van der Waals surface area (Å²) in [5, 5.41) is 0. The minimum Gasteiger partial charge on any atom is -0.466 e. The van der Waals surface area contributed by atoms with Gasteiger partial charge in [-0.3, -0.25) is 4.79 Å². The molecule has 0 aromatic rings. The molecule has 5 heteroatoms. The zero-order chi connectivity index (χ0) is 8.69. The van der Waals surface area contributed by atoms with Crippen LogP contribution < -0.4 is 0 Å². The average molecular weight is 181 g/mol. The summed E-state index contributed by atoms with van der Waals surface area (Å²) in [5.74, 6) is -0.398. The fourth-order valence-corrected chi connectivity index (χ4v) is 0.525. The summed E-state index contributed by atoms with van der Waals surface area (Å²) in [6.07, 6.45) is 0.0479. The van der Waals surface area contributed by atoms with E-state index in [1.165, 1.54) is 0 Å². The molecule has 0 radical (unpaired) electrons. The highest BCUT2D eigenvalue weighted by Gasteiger charge is 2.02. The van der Waals surface area contributed by atoms with Crippen molar-refractivity contribution in [3.8, 4) is 0 Å². The van der Waals surface area contributed by atoms with Crippen molar-refractivity contribution in [2.45, 2.75) is 13.3 Å². The van der Waals surface area contributed by atoms with Gasteiger partial charge in [0, 0.05) is 11.6 Å². The SMILES string of the molecule is CCOC(=O)CCOC(=O)Cl. The van der Waals surface area contributed by atoms with Crippen molar-refractivity contribution in [2.24, 2.45) is 0 Å². The molecule has 0 saturated heterocycles. The van der Waals surface area contributed by atoms with Crippen LogP contribution in [0.15, 0.2) is 0 Å². The minimum absolute atomic E-state index is 0.0266. The van der Waals surface area contributed by atoms with Gasteiger partial charge in [-0.15, -0.1) is 0 Å². The molecule has 0 saturated carbocycles. The lowest BCUT2D eigenvalue weighted by atomic mass is 10.5. The Labute approximate surface area is 69.4 Å². The molecule has 0 fully saturated rings. The van der Waals surface area contributed by atoms with E-state index in [4.69, 9.17) is 11.6 Å². The number of esters is 1. The van der Waals surface area contributed by atoms with Crippen molar-refractivity contribution in [3.63, 3.8) is 0 Å². The van der Waals surface area contributed by atoms with E-state index in [1.807, 2.05) is 0 Å². The number of ether oxygens (including phenoxy) is 2. The number of hydrogen-bond acceptors (Lipinski definition) is 4. The Balaban J connectivity index is 3.24. The third-order valence-corrected chi connectivity index (χ3v) is 0.936. The standard InChI is InChI=1S/C6H9ClO4/c1-2-10-5(8)3-4-11-6(7)9/h2-4H2,1H3. The molecule has 0 aliphatic heterocycles. The largest absolute Gasteiger partial charge is 0.466 e. The van der Waals surface area contributed by atoms with Crippen LogP contribution in [-0.4, -0.2) is 24.6 Å². The van der Waals surface area contributed by atoms with E-state index in [0.717, 1.165) is 0 Å². The number of halogens is 1.